The van der Waals surface area contributed by atoms with Crippen molar-refractivity contribution in [3.63, 3.8) is 0 Å². The molecule has 0 spiro atoms. The van der Waals surface area contributed by atoms with Gasteiger partial charge in [-0.2, -0.15) is 0 Å². The van der Waals surface area contributed by atoms with E-state index in [9.17, 15) is 4.79 Å². The smallest absolute Gasteiger partial charge is 0.311 e. The molecule has 0 aromatic heterocycles. The highest BCUT2D eigenvalue weighted by molar-refractivity contribution is 5.87. The maximum Gasteiger partial charge on any atom is 0.311 e. The zero-order valence-corrected chi connectivity index (χ0v) is 10.6. The monoisotopic (exact) mass is 261 g/mol. The third-order valence-corrected chi connectivity index (χ3v) is 2.83. The van der Waals surface area contributed by atoms with Crippen LogP contribution in [0.1, 0.15) is 26.2 Å². The molecule has 0 saturated heterocycles. The molecule has 1 heterocycles. The van der Waals surface area contributed by atoms with Crippen LogP contribution in [0.25, 0.3) is 11.3 Å². The van der Waals surface area contributed by atoms with E-state index in [1.807, 2.05) is 19.1 Å². The second kappa shape index (κ2) is 6.04. The van der Waals surface area contributed by atoms with E-state index in [1.165, 1.54) is 6.26 Å². The van der Waals surface area contributed by atoms with Crippen molar-refractivity contribution < 1.29 is 19.2 Å². The molecule has 5 nitrogen and oxygen atoms in total. The number of hydrogen-bond donors (Lipinski definition) is 1. The predicted molar refractivity (Wildman–Crippen MR) is 69.7 cm³/mol. The van der Waals surface area contributed by atoms with Gasteiger partial charge in [-0.15, -0.1) is 0 Å². The van der Waals surface area contributed by atoms with Crippen LogP contribution in [0.2, 0.25) is 0 Å². The van der Waals surface area contributed by atoms with E-state index in [-0.39, 0.29) is 12.4 Å². The molecule has 0 fully saturated rings. The number of esters is 1. The highest BCUT2D eigenvalue weighted by Crippen LogP contribution is 2.33. The van der Waals surface area contributed by atoms with Crippen LogP contribution in [-0.2, 0) is 4.79 Å². The largest absolute Gasteiger partial charge is 0.460 e. The normalized spacial score (nSPS) is 11.7. The second-order valence-corrected chi connectivity index (χ2v) is 4.09. The molecule has 0 amide bonds. The lowest BCUT2D eigenvalue weighted by Crippen LogP contribution is -2.10. The molecule has 100 valence electrons. The highest BCUT2D eigenvalue weighted by Gasteiger charge is 2.16. The zero-order chi connectivity index (χ0) is 13.7. The summed E-state index contributed by atoms with van der Waals surface area (Å²) in [6.07, 6.45) is 2.71. The van der Waals surface area contributed by atoms with Crippen molar-refractivity contribution in [3.05, 3.63) is 30.5 Å². The lowest BCUT2D eigenvalue weighted by Gasteiger charge is -2.05. The van der Waals surface area contributed by atoms with Crippen LogP contribution in [0.4, 0.5) is 0 Å². The number of carbonyl (C=O) groups excluding carboxylic acids is 1. The summed E-state index contributed by atoms with van der Waals surface area (Å²) in [7, 11) is 0. The van der Waals surface area contributed by atoms with Gasteiger partial charge in [-0.1, -0.05) is 12.1 Å². The Morgan fingerprint density at radius 2 is 2.21 bits per heavy atom. The lowest BCUT2D eigenvalue weighted by atomic mass is 10.2. The maximum absolute atomic E-state index is 11.7. The fraction of sp³-hybridized carbons (Fsp3) is 0.286. The third-order valence-electron chi connectivity index (χ3n) is 2.83. The predicted octanol–water partition coefficient (Wildman–Crippen LogP) is 3.31. The molecule has 5 heteroatoms. The Balaban J connectivity index is 1.96. The van der Waals surface area contributed by atoms with E-state index in [0.29, 0.717) is 30.1 Å². The Morgan fingerprint density at radius 3 is 2.95 bits per heavy atom. The van der Waals surface area contributed by atoms with Crippen LogP contribution >= 0.6 is 0 Å². The first-order valence-electron chi connectivity index (χ1n) is 6.11. The maximum atomic E-state index is 11.7. The fourth-order valence-electron chi connectivity index (χ4n) is 1.76. The Morgan fingerprint density at radius 1 is 1.37 bits per heavy atom. The second-order valence-electron chi connectivity index (χ2n) is 4.09. The van der Waals surface area contributed by atoms with Crippen LogP contribution in [0, 0.1) is 0 Å². The van der Waals surface area contributed by atoms with E-state index in [1.54, 1.807) is 12.1 Å². The first kappa shape index (κ1) is 13.1. The van der Waals surface area contributed by atoms with Gasteiger partial charge in [0.1, 0.15) is 0 Å². The van der Waals surface area contributed by atoms with Crippen LogP contribution < -0.4 is 4.74 Å². The number of fused-ring (bicyclic) bond motifs is 1. The Hall–Kier alpha value is -2.30. The Bertz CT molecular complexity index is 558. The summed E-state index contributed by atoms with van der Waals surface area (Å²) in [5.41, 5.74) is 1.46. The van der Waals surface area contributed by atoms with E-state index in [4.69, 9.17) is 14.4 Å². The molecule has 0 aromatic carbocycles. The van der Waals surface area contributed by atoms with Crippen molar-refractivity contribution in [3.8, 4) is 17.1 Å². The van der Waals surface area contributed by atoms with Gasteiger partial charge < -0.3 is 14.4 Å². The van der Waals surface area contributed by atoms with Gasteiger partial charge in [0.05, 0.1) is 18.4 Å². The first-order valence-corrected chi connectivity index (χ1v) is 6.11. The quantitative estimate of drug-likeness (QED) is 0.388. The van der Waals surface area contributed by atoms with E-state index in [0.717, 1.165) is 5.56 Å². The molecule has 0 unspecified atom stereocenters. The number of ether oxygens (including phenoxy) is 1. The summed E-state index contributed by atoms with van der Waals surface area (Å²) >= 11 is 0. The summed E-state index contributed by atoms with van der Waals surface area (Å²) in [4.78, 5) is 11.7. The number of rotatable bonds is 5. The lowest BCUT2D eigenvalue weighted by molar-refractivity contribution is -0.134. The van der Waals surface area contributed by atoms with Crippen molar-refractivity contribution in [1.29, 1.82) is 0 Å². The molecule has 0 aromatic rings. The minimum absolute atomic E-state index is 0.173. The molecule has 19 heavy (non-hydrogen) atoms. The minimum Gasteiger partial charge on any atom is -0.460 e. The molecule has 1 N–H and O–H groups in total. The Labute approximate surface area is 110 Å². The molecule has 2 aliphatic rings. The van der Waals surface area contributed by atoms with Crippen LogP contribution in [-0.4, -0.2) is 16.9 Å². The number of carbonyl (C=O) groups is 1. The number of nitrogens with zero attached hydrogens (tertiary/aromatic N) is 1. The summed E-state index contributed by atoms with van der Waals surface area (Å²) in [5, 5.41) is 11.8. The fourth-order valence-corrected chi connectivity index (χ4v) is 1.76. The van der Waals surface area contributed by atoms with E-state index < -0.39 is 0 Å². The van der Waals surface area contributed by atoms with Crippen LogP contribution in [0.3, 0.4) is 0 Å². The number of oxime groups is 1. The van der Waals surface area contributed by atoms with Crippen LogP contribution in [0.5, 0.6) is 5.75 Å². The zero-order valence-electron chi connectivity index (χ0n) is 10.6. The van der Waals surface area contributed by atoms with E-state index >= 15 is 0 Å². The molecule has 0 bridgehead atoms. The molecule has 2 rings (SSSR count). The summed E-state index contributed by atoms with van der Waals surface area (Å²) in [6, 6.07) is 7.18. The highest BCUT2D eigenvalue weighted by atomic mass is 16.5. The van der Waals surface area contributed by atoms with Gasteiger partial charge in [0.2, 0.25) is 0 Å². The first-order chi connectivity index (χ1) is 9.24. The SMILES string of the molecule is CCC(CCC(=O)Oc1ccc2cccoc1-2)=NO. The van der Waals surface area contributed by atoms with Crippen molar-refractivity contribution in [1.82, 2.24) is 0 Å². The molecule has 0 atom stereocenters. The average Bonchev–Trinajstić information content (AvgIpc) is 2.83. The van der Waals surface area contributed by atoms with E-state index in [2.05, 4.69) is 5.16 Å². The summed E-state index contributed by atoms with van der Waals surface area (Å²) < 4.78 is 10.5. The van der Waals surface area contributed by atoms with Crippen LogP contribution in [0.15, 0.2) is 40.1 Å². The molecule has 0 radical (unpaired) electrons. The molecular weight excluding hydrogens is 246 g/mol. The minimum atomic E-state index is -0.374. The summed E-state index contributed by atoms with van der Waals surface area (Å²) in [5.74, 6) is 0.600. The van der Waals surface area contributed by atoms with Gasteiger partial charge in [0.25, 0.3) is 0 Å². The summed E-state index contributed by atoms with van der Waals surface area (Å²) in [6.45, 7) is 1.87. The van der Waals surface area contributed by atoms with Crippen molar-refractivity contribution in [2.75, 3.05) is 0 Å². The Kier molecular flexibility index (Phi) is 4.18. The van der Waals surface area contributed by atoms with Gasteiger partial charge in [0.15, 0.2) is 11.5 Å². The number of hydrogen-bond acceptors (Lipinski definition) is 5. The molecule has 1 aliphatic heterocycles. The van der Waals surface area contributed by atoms with Crippen molar-refractivity contribution in [2.24, 2.45) is 5.16 Å². The standard InChI is InChI=1S/C14H15NO4/c1-2-11(15-17)6-8-13(16)19-12-7-5-10-4-3-9-18-14(10)12/h3-5,7,9,17H,2,6,8H2,1H3. The van der Waals surface area contributed by atoms with Gasteiger partial charge in [-0.05, 0) is 37.1 Å². The van der Waals surface area contributed by atoms with Crippen molar-refractivity contribution >= 4 is 11.7 Å². The van der Waals surface area contributed by atoms with Gasteiger partial charge in [-0.3, -0.25) is 4.79 Å². The van der Waals surface area contributed by atoms with Crippen molar-refractivity contribution in [2.45, 2.75) is 26.2 Å². The average molecular weight is 261 g/mol. The molecule has 0 saturated carbocycles. The molecule has 1 aliphatic carbocycles. The van der Waals surface area contributed by atoms with Gasteiger partial charge in [-0.25, -0.2) is 0 Å². The van der Waals surface area contributed by atoms with Gasteiger partial charge in [0, 0.05) is 5.56 Å². The molecular formula is C14H15NO4. The van der Waals surface area contributed by atoms with Gasteiger partial charge >= 0.3 is 5.97 Å². The third kappa shape index (κ3) is 3.13. The topological polar surface area (TPSA) is 72.0 Å².